The van der Waals surface area contributed by atoms with E-state index in [0.717, 1.165) is 70.0 Å². The monoisotopic (exact) mass is 754 g/mol. The van der Waals surface area contributed by atoms with Gasteiger partial charge in [-0.1, -0.05) is 81.8 Å². The zero-order valence-electron chi connectivity index (χ0n) is 33.2. The Hall–Kier alpha value is -3.85. The van der Waals surface area contributed by atoms with Gasteiger partial charge in [0.25, 0.3) is 0 Å². The second-order valence-corrected chi connectivity index (χ2v) is 29.2. The van der Waals surface area contributed by atoms with Crippen molar-refractivity contribution in [3.05, 3.63) is 72.7 Å². The molecule has 0 radical (unpaired) electrons. The van der Waals surface area contributed by atoms with Gasteiger partial charge in [0.15, 0.2) is 5.65 Å². The van der Waals surface area contributed by atoms with Gasteiger partial charge in [0.2, 0.25) is 0 Å². The largest absolute Gasteiger partial charge is 0.444 e. The van der Waals surface area contributed by atoms with E-state index in [9.17, 15) is 4.79 Å². The third kappa shape index (κ3) is 10.0. The molecule has 1 amide bonds. The highest BCUT2D eigenvalue weighted by Gasteiger charge is 2.42. The molecule has 284 valence electrons. The van der Waals surface area contributed by atoms with Crippen LogP contribution in [0.1, 0.15) is 45.7 Å². The first-order valence-corrected chi connectivity index (χ1v) is 26.5. The molecule has 0 unspecified atom stereocenters. The van der Waals surface area contributed by atoms with Crippen LogP contribution in [-0.4, -0.2) is 91.1 Å². The van der Waals surface area contributed by atoms with Gasteiger partial charge >= 0.3 is 6.09 Å². The Morgan fingerprint density at radius 1 is 0.868 bits per heavy atom. The van der Waals surface area contributed by atoms with Gasteiger partial charge in [0.1, 0.15) is 24.9 Å². The molecule has 3 aromatic heterocycles. The number of fused-ring (bicyclic) bond motifs is 3. The van der Waals surface area contributed by atoms with E-state index in [0.29, 0.717) is 33.1 Å². The van der Waals surface area contributed by atoms with Gasteiger partial charge in [-0.15, -0.1) is 0 Å². The van der Waals surface area contributed by atoms with Crippen molar-refractivity contribution in [2.45, 2.75) is 109 Å². The maximum absolute atomic E-state index is 13.3. The summed E-state index contributed by atoms with van der Waals surface area (Å²) in [5.41, 5.74) is 6.01. The average Bonchev–Trinajstić information content (AvgIpc) is 3.63. The molecule has 0 N–H and O–H groups in total. The number of hydrogen-bond acceptors (Lipinski definition) is 8. The normalized spacial score (nSPS) is 17.7. The molecule has 2 aliphatic rings. The highest BCUT2D eigenvalue weighted by molar-refractivity contribution is 6.76. The lowest BCUT2D eigenvalue weighted by atomic mass is 9.98. The first kappa shape index (κ1) is 38.9. The molecule has 12 heteroatoms. The Labute approximate surface area is 317 Å². The molecule has 1 saturated heterocycles. The minimum absolute atomic E-state index is 0.0370. The van der Waals surface area contributed by atoms with Crippen molar-refractivity contribution < 1.29 is 19.0 Å². The van der Waals surface area contributed by atoms with Gasteiger partial charge in [-0.25, -0.2) is 9.78 Å². The lowest BCUT2D eigenvalue weighted by molar-refractivity contribution is 0.0175. The Morgan fingerprint density at radius 2 is 1.55 bits per heavy atom. The third-order valence-corrected chi connectivity index (χ3v) is 13.1. The number of rotatable bonds is 14. The molecule has 1 aromatic carbocycles. The highest BCUT2D eigenvalue weighted by Crippen LogP contribution is 2.40. The Morgan fingerprint density at radius 3 is 2.13 bits per heavy atom. The molecule has 2 atom stereocenters. The quantitative estimate of drug-likeness (QED) is 0.0714. The number of anilines is 1. The van der Waals surface area contributed by atoms with Gasteiger partial charge in [0.05, 0.1) is 23.6 Å². The standard InChI is InChI=1S/C41H58N6O4Si2/c1-41(2,3)51-40(48)46-33-16-17-34(46)24-32(23-33)37-25-38(45(28-49-19-21-52(4,5)6)29-50-20-22-53(7,8)9)47-39(44-37)35(27-43-47)31-15-18-36(42-26-31)30-13-11-10-12-14-30/h10-15,18,23,25-27,33-34H,16-17,19-22,24,28-29H2,1-9H3/t33-,34+/m0/s1. The fourth-order valence-electron chi connectivity index (χ4n) is 6.77. The highest BCUT2D eigenvalue weighted by atomic mass is 28.3. The van der Waals surface area contributed by atoms with Crippen LogP contribution in [0.5, 0.6) is 0 Å². The topological polar surface area (TPSA) is 94.3 Å². The summed E-state index contributed by atoms with van der Waals surface area (Å²) in [4.78, 5) is 27.5. The maximum atomic E-state index is 13.3. The number of carbonyl (C=O) groups is 1. The molecule has 5 heterocycles. The number of carbonyl (C=O) groups excluding carboxylic acids is 1. The number of amides is 1. The summed E-state index contributed by atoms with van der Waals surface area (Å²) in [5.74, 6) is 0.856. The third-order valence-electron chi connectivity index (χ3n) is 9.74. The number of benzene rings is 1. The van der Waals surface area contributed by atoms with E-state index >= 15 is 0 Å². The van der Waals surface area contributed by atoms with E-state index in [-0.39, 0.29) is 18.2 Å². The van der Waals surface area contributed by atoms with Crippen LogP contribution in [0.15, 0.2) is 67.0 Å². The van der Waals surface area contributed by atoms with Gasteiger partial charge in [0, 0.05) is 64.4 Å². The molecule has 1 fully saturated rings. The summed E-state index contributed by atoms with van der Waals surface area (Å²) in [6, 6.07) is 18.6. The molecule has 10 nitrogen and oxygen atoms in total. The lowest BCUT2D eigenvalue weighted by Crippen LogP contribution is -2.45. The summed E-state index contributed by atoms with van der Waals surface area (Å²) in [6.07, 6.45) is 8.30. The SMILES string of the molecule is CC(C)(C)OC(=O)N1[C@@H]2CC[C@H]1C=C(c1cc(N(COCC[Si](C)(C)C)COCC[Si](C)(C)C)n3ncc(-c4ccc(-c5ccccc5)nc4)c3n1)C2. The molecule has 0 spiro atoms. The molecule has 0 saturated carbocycles. The summed E-state index contributed by atoms with van der Waals surface area (Å²) in [5, 5.41) is 4.93. The van der Waals surface area contributed by atoms with E-state index < -0.39 is 21.7 Å². The van der Waals surface area contributed by atoms with E-state index in [1.54, 1.807) is 0 Å². The zero-order chi connectivity index (χ0) is 38.0. The van der Waals surface area contributed by atoms with Crippen molar-refractivity contribution in [1.82, 2.24) is 24.5 Å². The van der Waals surface area contributed by atoms with Gasteiger partial charge in [-0.05, 0) is 63.8 Å². The number of aromatic nitrogens is 4. The van der Waals surface area contributed by atoms with Crippen molar-refractivity contribution in [1.29, 1.82) is 0 Å². The molecular formula is C41H58N6O4Si2. The fraction of sp³-hybridized carbons (Fsp3) is 0.512. The number of pyridine rings is 1. The summed E-state index contributed by atoms with van der Waals surface area (Å²) in [6.45, 7) is 22.1. The molecule has 2 aliphatic heterocycles. The van der Waals surface area contributed by atoms with Crippen LogP contribution in [0, 0.1) is 0 Å². The first-order chi connectivity index (χ1) is 25.0. The van der Waals surface area contributed by atoms with Crippen molar-refractivity contribution in [3.63, 3.8) is 0 Å². The van der Waals surface area contributed by atoms with Crippen molar-refractivity contribution in [2.75, 3.05) is 31.6 Å². The van der Waals surface area contributed by atoms with Crippen LogP contribution in [0.25, 0.3) is 33.6 Å². The summed E-state index contributed by atoms with van der Waals surface area (Å²) in [7, 11) is -2.56. The van der Waals surface area contributed by atoms with Crippen LogP contribution in [0.3, 0.4) is 0 Å². The minimum Gasteiger partial charge on any atom is -0.444 e. The number of hydrogen-bond donors (Lipinski definition) is 0. The Kier molecular flexibility index (Phi) is 11.6. The first-order valence-electron chi connectivity index (χ1n) is 19.1. The average molecular weight is 755 g/mol. The number of nitrogens with zero attached hydrogens (tertiary/aromatic N) is 6. The van der Waals surface area contributed by atoms with E-state index in [4.69, 9.17) is 29.3 Å². The van der Waals surface area contributed by atoms with Gasteiger partial charge in [-0.3, -0.25) is 9.88 Å². The molecule has 6 rings (SSSR count). The predicted molar refractivity (Wildman–Crippen MR) is 220 cm³/mol. The zero-order valence-corrected chi connectivity index (χ0v) is 35.2. The van der Waals surface area contributed by atoms with E-state index in [1.807, 2.05) is 60.8 Å². The van der Waals surface area contributed by atoms with Crippen LogP contribution in [-0.2, 0) is 14.2 Å². The smallest absolute Gasteiger partial charge is 0.411 e. The van der Waals surface area contributed by atoms with Crippen LogP contribution in [0.2, 0.25) is 51.4 Å². The Balaban J connectivity index is 1.39. The van der Waals surface area contributed by atoms with E-state index in [1.165, 1.54) is 0 Å². The van der Waals surface area contributed by atoms with Gasteiger partial charge in [-0.2, -0.15) is 9.61 Å². The van der Waals surface area contributed by atoms with Crippen LogP contribution in [0.4, 0.5) is 10.6 Å². The van der Waals surface area contributed by atoms with Crippen molar-refractivity contribution >= 4 is 39.3 Å². The molecular weight excluding hydrogens is 697 g/mol. The summed E-state index contributed by atoms with van der Waals surface area (Å²) < 4.78 is 20.5. The van der Waals surface area contributed by atoms with Crippen LogP contribution < -0.4 is 4.90 Å². The fourth-order valence-corrected chi connectivity index (χ4v) is 8.28. The van der Waals surface area contributed by atoms with Crippen LogP contribution >= 0.6 is 0 Å². The molecule has 4 aromatic rings. The maximum Gasteiger partial charge on any atom is 0.411 e. The molecule has 53 heavy (non-hydrogen) atoms. The second kappa shape index (κ2) is 15.9. The van der Waals surface area contributed by atoms with Crippen molar-refractivity contribution in [3.8, 4) is 22.4 Å². The van der Waals surface area contributed by atoms with E-state index in [2.05, 4.69) is 80.6 Å². The molecule has 0 aliphatic carbocycles. The van der Waals surface area contributed by atoms with Crippen molar-refractivity contribution in [2.24, 2.45) is 0 Å². The minimum atomic E-state index is -1.28. The lowest BCUT2D eigenvalue weighted by Gasteiger charge is -2.35. The summed E-state index contributed by atoms with van der Waals surface area (Å²) >= 11 is 0. The second-order valence-electron chi connectivity index (χ2n) is 17.9. The van der Waals surface area contributed by atoms with Gasteiger partial charge < -0.3 is 19.1 Å². The number of ether oxygens (including phenoxy) is 3. The predicted octanol–water partition coefficient (Wildman–Crippen LogP) is 9.44. The Bertz CT molecular complexity index is 1870. The molecule has 2 bridgehead atoms.